The lowest BCUT2D eigenvalue weighted by atomic mass is 10.2. The summed E-state index contributed by atoms with van der Waals surface area (Å²) in [5.41, 5.74) is 1.15. The van der Waals surface area contributed by atoms with Crippen molar-refractivity contribution in [2.24, 2.45) is 0 Å². The van der Waals surface area contributed by atoms with Crippen molar-refractivity contribution in [2.75, 3.05) is 12.4 Å². The van der Waals surface area contributed by atoms with Crippen LogP contribution in [0.1, 0.15) is 12.0 Å². The average molecular weight is 227 g/mol. The van der Waals surface area contributed by atoms with Gasteiger partial charge in [0.15, 0.2) is 0 Å². The monoisotopic (exact) mass is 227 g/mol. The number of hydrogen-bond acceptors (Lipinski definition) is 4. The summed E-state index contributed by atoms with van der Waals surface area (Å²) in [4.78, 5) is 11.1. The molecule has 1 N–H and O–H groups in total. The lowest BCUT2D eigenvalue weighted by Gasteiger charge is -2.04. The molecule has 82 valence electrons. The topological polar surface area (TPSA) is 63.4 Å². The van der Waals surface area contributed by atoms with Crippen molar-refractivity contribution in [1.29, 1.82) is 0 Å². The van der Waals surface area contributed by atoms with Crippen molar-refractivity contribution in [3.63, 3.8) is 0 Å². The molecule has 0 heterocycles. The first-order chi connectivity index (χ1) is 7.15. The number of aliphatic hydroxyl groups is 1. The van der Waals surface area contributed by atoms with Crippen LogP contribution in [0.25, 0.3) is 0 Å². The first-order valence-electron chi connectivity index (χ1n) is 4.64. The molecule has 0 radical (unpaired) electrons. The second kappa shape index (κ2) is 5.72. The Bertz CT molecular complexity index is 355. The van der Waals surface area contributed by atoms with Crippen molar-refractivity contribution < 1.29 is 10.0 Å². The van der Waals surface area contributed by atoms with Crippen molar-refractivity contribution >= 4 is 17.4 Å². The van der Waals surface area contributed by atoms with E-state index in [0.717, 1.165) is 16.2 Å². The molecule has 0 bridgehead atoms. The fourth-order valence-corrected chi connectivity index (χ4v) is 2.10. The standard InChI is InChI=1S/C10H13NO3S/c1-8-3-4-9(11(13)14)7-10(8)15-6-2-5-12/h3-4,7,12H,2,5-6H2,1H3. The van der Waals surface area contributed by atoms with E-state index in [2.05, 4.69) is 0 Å². The molecule has 0 fully saturated rings. The molecule has 1 aromatic carbocycles. The average Bonchev–Trinajstić information content (AvgIpc) is 2.20. The number of aliphatic hydroxyl groups excluding tert-OH is 1. The Labute approximate surface area is 92.5 Å². The van der Waals surface area contributed by atoms with Gasteiger partial charge in [-0.2, -0.15) is 0 Å². The second-order valence-corrected chi connectivity index (χ2v) is 4.27. The fraction of sp³-hybridized carbons (Fsp3) is 0.400. The molecule has 0 amide bonds. The molecule has 0 unspecified atom stereocenters. The first kappa shape index (κ1) is 12.0. The van der Waals surface area contributed by atoms with Gasteiger partial charge in [0.05, 0.1) is 4.92 Å². The zero-order valence-corrected chi connectivity index (χ0v) is 9.29. The Balaban J connectivity index is 2.76. The van der Waals surface area contributed by atoms with E-state index in [0.29, 0.717) is 6.42 Å². The summed E-state index contributed by atoms with van der Waals surface area (Å²) in [5, 5.41) is 19.2. The van der Waals surface area contributed by atoms with Gasteiger partial charge in [-0.05, 0) is 18.9 Å². The van der Waals surface area contributed by atoms with E-state index in [1.54, 1.807) is 12.1 Å². The Kier molecular flexibility index (Phi) is 4.58. The zero-order chi connectivity index (χ0) is 11.3. The summed E-state index contributed by atoms with van der Waals surface area (Å²) in [7, 11) is 0. The SMILES string of the molecule is Cc1ccc([N+](=O)[O-])cc1SCCCO. The highest BCUT2D eigenvalue weighted by molar-refractivity contribution is 7.99. The molecule has 4 nitrogen and oxygen atoms in total. The summed E-state index contributed by atoms with van der Waals surface area (Å²) < 4.78 is 0. The molecule has 0 aromatic heterocycles. The molecule has 1 aromatic rings. The molecule has 0 saturated carbocycles. The number of nitrogens with zero attached hydrogens (tertiary/aromatic N) is 1. The maximum absolute atomic E-state index is 10.6. The summed E-state index contributed by atoms with van der Waals surface area (Å²) in [6, 6.07) is 4.84. The third kappa shape index (κ3) is 3.53. The van der Waals surface area contributed by atoms with Crippen LogP contribution in [0.5, 0.6) is 0 Å². The van der Waals surface area contributed by atoms with Crippen LogP contribution >= 0.6 is 11.8 Å². The van der Waals surface area contributed by atoms with Gasteiger partial charge in [0.2, 0.25) is 0 Å². The number of benzene rings is 1. The van der Waals surface area contributed by atoms with Crippen LogP contribution in [0.3, 0.4) is 0 Å². The van der Waals surface area contributed by atoms with Crippen molar-refractivity contribution in [2.45, 2.75) is 18.2 Å². The Morgan fingerprint density at radius 2 is 2.27 bits per heavy atom. The summed E-state index contributed by atoms with van der Waals surface area (Å²) in [5.74, 6) is 0.776. The van der Waals surface area contributed by atoms with Gasteiger partial charge in [0.1, 0.15) is 0 Å². The number of hydrogen-bond donors (Lipinski definition) is 1. The smallest absolute Gasteiger partial charge is 0.270 e. The van der Waals surface area contributed by atoms with Crippen LogP contribution < -0.4 is 0 Å². The predicted octanol–water partition coefficient (Wildman–Crippen LogP) is 2.38. The van der Waals surface area contributed by atoms with E-state index in [-0.39, 0.29) is 12.3 Å². The van der Waals surface area contributed by atoms with Gasteiger partial charge >= 0.3 is 0 Å². The van der Waals surface area contributed by atoms with E-state index in [4.69, 9.17) is 5.11 Å². The molecular weight excluding hydrogens is 214 g/mol. The zero-order valence-electron chi connectivity index (χ0n) is 8.47. The van der Waals surface area contributed by atoms with Crippen molar-refractivity contribution in [3.05, 3.63) is 33.9 Å². The van der Waals surface area contributed by atoms with E-state index in [1.807, 2.05) is 6.92 Å². The third-order valence-electron chi connectivity index (χ3n) is 1.94. The van der Waals surface area contributed by atoms with Crippen LogP contribution in [-0.4, -0.2) is 22.4 Å². The molecule has 0 atom stereocenters. The maximum atomic E-state index is 10.6. The maximum Gasteiger partial charge on any atom is 0.270 e. The molecule has 0 spiro atoms. The van der Waals surface area contributed by atoms with Crippen LogP contribution in [0.4, 0.5) is 5.69 Å². The lowest BCUT2D eigenvalue weighted by molar-refractivity contribution is -0.385. The molecule has 15 heavy (non-hydrogen) atoms. The highest BCUT2D eigenvalue weighted by Crippen LogP contribution is 2.27. The highest BCUT2D eigenvalue weighted by Gasteiger charge is 2.08. The van der Waals surface area contributed by atoms with E-state index >= 15 is 0 Å². The molecule has 0 aliphatic carbocycles. The van der Waals surface area contributed by atoms with Gasteiger partial charge in [-0.1, -0.05) is 6.07 Å². The van der Waals surface area contributed by atoms with Gasteiger partial charge in [-0.3, -0.25) is 10.1 Å². The molecule has 5 heteroatoms. The van der Waals surface area contributed by atoms with Crippen LogP contribution in [0.15, 0.2) is 23.1 Å². The van der Waals surface area contributed by atoms with Crippen LogP contribution in [0, 0.1) is 17.0 Å². The number of nitro groups is 1. The van der Waals surface area contributed by atoms with Crippen molar-refractivity contribution in [3.8, 4) is 0 Å². The molecule has 0 aliphatic rings. The summed E-state index contributed by atoms with van der Waals surface area (Å²) in [6.07, 6.45) is 0.701. The predicted molar refractivity (Wildman–Crippen MR) is 60.3 cm³/mol. The highest BCUT2D eigenvalue weighted by atomic mass is 32.2. The van der Waals surface area contributed by atoms with Gasteiger partial charge < -0.3 is 5.11 Å². The molecule has 0 saturated heterocycles. The van der Waals surface area contributed by atoms with Gasteiger partial charge in [-0.15, -0.1) is 11.8 Å². The summed E-state index contributed by atoms with van der Waals surface area (Å²) >= 11 is 1.54. The number of non-ortho nitro benzene ring substituents is 1. The normalized spacial score (nSPS) is 10.3. The number of nitro benzene ring substituents is 1. The molecule has 0 aliphatic heterocycles. The second-order valence-electron chi connectivity index (χ2n) is 3.13. The van der Waals surface area contributed by atoms with E-state index in [9.17, 15) is 10.1 Å². The minimum Gasteiger partial charge on any atom is -0.396 e. The minimum absolute atomic E-state index is 0.118. The molecular formula is C10H13NO3S. The third-order valence-corrected chi connectivity index (χ3v) is 3.19. The number of thioether (sulfide) groups is 1. The largest absolute Gasteiger partial charge is 0.396 e. The molecule has 1 rings (SSSR count). The number of rotatable bonds is 5. The van der Waals surface area contributed by atoms with Gasteiger partial charge in [-0.25, -0.2) is 0 Å². The van der Waals surface area contributed by atoms with Gasteiger partial charge in [0, 0.05) is 29.4 Å². The number of aryl methyl sites for hydroxylation is 1. The van der Waals surface area contributed by atoms with Crippen LogP contribution in [-0.2, 0) is 0 Å². The summed E-state index contributed by atoms with van der Waals surface area (Å²) in [6.45, 7) is 2.08. The van der Waals surface area contributed by atoms with E-state index in [1.165, 1.54) is 17.8 Å². The lowest BCUT2D eigenvalue weighted by Crippen LogP contribution is -1.91. The Morgan fingerprint density at radius 3 is 2.87 bits per heavy atom. The Morgan fingerprint density at radius 1 is 1.53 bits per heavy atom. The van der Waals surface area contributed by atoms with E-state index < -0.39 is 4.92 Å². The van der Waals surface area contributed by atoms with Gasteiger partial charge in [0.25, 0.3) is 5.69 Å². The van der Waals surface area contributed by atoms with Crippen LogP contribution in [0.2, 0.25) is 0 Å². The minimum atomic E-state index is -0.393. The Hall–Kier alpha value is -1.07. The quantitative estimate of drug-likeness (QED) is 0.363. The fourth-order valence-electron chi connectivity index (χ4n) is 1.10. The van der Waals surface area contributed by atoms with Crippen molar-refractivity contribution in [1.82, 2.24) is 0 Å². The first-order valence-corrected chi connectivity index (χ1v) is 5.62.